The number of nitrogens with zero attached hydrogens (tertiary/aromatic N) is 6. The molecule has 0 atom stereocenters. The van der Waals surface area contributed by atoms with Crippen molar-refractivity contribution in [2.45, 2.75) is 52.1 Å². The fraction of sp³-hybridized carbons (Fsp3) is 0.350. The molecule has 2 saturated heterocycles. The molecule has 3 aliphatic heterocycles. The average molecular weight is 732 g/mol. The number of amides is 1. The molecular weight excluding hydrogens is 683 g/mol. The van der Waals surface area contributed by atoms with Gasteiger partial charge in [0.25, 0.3) is 12.0 Å². The molecule has 1 N–H and O–H groups in total. The fourth-order valence-corrected chi connectivity index (χ4v) is 5.80. The van der Waals surface area contributed by atoms with Crippen molar-refractivity contribution in [2.24, 2.45) is 4.99 Å². The molecule has 4 aromatic rings. The quantitative estimate of drug-likeness (QED) is 0.156. The lowest BCUT2D eigenvalue weighted by atomic mass is 9.90. The molecule has 2 aromatic heterocycles. The number of oxazole rings is 2. The standard InChI is InChI=1S/C18H19N5O2.C15H18N2O.C5H8.C2H3F3/c24-13-20-14-4-3-7-17(19-12-14)22-8-10-23(11-9-22)18-21-15-5-1-2-6-16(15)25-18;1-12-11-16-15(18-12)17-9-7-14(8-10-17)13-5-3-2-4-6-13;1-3-5-4-2;1-2(3,4)5/h1-6,12-13H,7-11H2,(H,20,24);2-6,11,14H,7-10H2,1H3;3-5H,1H2,2H3;1H3/b;;5-4-;. The van der Waals surface area contributed by atoms with Gasteiger partial charge in [-0.15, -0.1) is 0 Å². The number of halogens is 3. The van der Waals surface area contributed by atoms with Crippen LogP contribution in [-0.2, 0) is 4.79 Å². The summed E-state index contributed by atoms with van der Waals surface area (Å²) < 4.78 is 42.5. The van der Waals surface area contributed by atoms with Gasteiger partial charge in [0.2, 0.25) is 6.41 Å². The van der Waals surface area contributed by atoms with Gasteiger partial charge < -0.3 is 28.9 Å². The van der Waals surface area contributed by atoms with Crippen molar-refractivity contribution in [2.75, 3.05) is 49.1 Å². The van der Waals surface area contributed by atoms with E-state index in [1.54, 1.807) is 18.5 Å². The number of fused-ring (bicyclic) bond motifs is 1. The van der Waals surface area contributed by atoms with Crippen LogP contribution < -0.4 is 15.1 Å². The summed E-state index contributed by atoms with van der Waals surface area (Å²) in [5.41, 5.74) is 3.87. The molecule has 0 radical (unpaired) electrons. The zero-order chi connectivity index (χ0) is 38.1. The van der Waals surface area contributed by atoms with Crippen LogP contribution in [0.5, 0.6) is 0 Å². The van der Waals surface area contributed by atoms with E-state index in [2.05, 4.69) is 71.9 Å². The van der Waals surface area contributed by atoms with E-state index in [0.717, 1.165) is 74.4 Å². The van der Waals surface area contributed by atoms with Crippen LogP contribution in [0.3, 0.4) is 0 Å². The Bertz CT molecular complexity index is 1790. The molecule has 13 heteroatoms. The van der Waals surface area contributed by atoms with Crippen LogP contribution in [-0.4, -0.2) is 72.6 Å². The third kappa shape index (κ3) is 13.5. The molecule has 0 bridgehead atoms. The lowest BCUT2D eigenvalue weighted by Crippen LogP contribution is -2.48. The van der Waals surface area contributed by atoms with Gasteiger partial charge in [0, 0.05) is 52.6 Å². The third-order valence-electron chi connectivity index (χ3n) is 8.35. The van der Waals surface area contributed by atoms with Crippen LogP contribution in [0.4, 0.5) is 25.2 Å². The number of aliphatic imine (C=N–C) groups is 1. The minimum atomic E-state index is -4.00. The van der Waals surface area contributed by atoms with E-state index in [-0.39, 0.29) is 6.92 Å². The maximum atomic E-state index is 10.5. The molecule has 0 aliphatic carbocycles. The number of rotatable bonds is 6. The van der Waals surface area contributed by atoms with Gasteiger partial charge in [-0.1, -0.05) is 73.3 Å². The predicted molar refractivity (Wildman–Crippen MR) is 205 cm³/mol. The number of piperazine rings is 1. The highest BCUT2D eigenvalue weighted by Gasteiger charge is 2.24. The number of para-hydroxylation sites is 2. The van der Waals surface area contributed by atoms with Crippen molar-refractivity contribution in [3.05, 3.63) is 121 Å². The first-order chi connectivity index (χ1) is 25.6. The van der Waals surface area contributed by atoms with Gasteiger partial charge in [-0.05, 0) is 56.4 Å². The minimum Gasteiger partial charge on any atom is -0.429 e. The number of alkyl halides is 3. The number of allylic oxidation sites excluding steroid dienone is 4. The Kier molecular flexibility index (Phi) is 15.5. The number of hydrogen-bond acceptors (Lipinski definition) is 9. The van der Waals surface area contributed by atoms with Gasteiger partial charge >= 0.3 is 6.18 Å². The molecule has 7 rings (SSSR count). The molecule has 282 valence electrons. The fourth-order valence-electron chi connectivity index (χ4n) is 5.80. The lowest BCUT2D eigenvalue weighted by molar-refractivity contribution is -0.110. The van der Waals surface area contributed by atoms with Crippen LogP contribution in [0.2, 0.25) is 0 Å². The summed E-state index contributed by atoms with van der Waals surface area (Å²) in [5, 5.41) is 2.63. The van der Waals surface area contributed by atoms with Gasteiger partial charge in [0.05, 0.1) is 18.1 Å². The molecule has 10 nitrogen and oxygen atoms in total. The van der Waals surface area contributed by atoms with E-state index in [4.69, 9.17) is 8.83 Å². The van der Waals surface area contributed by atoms with Gasteiger partial charge in [0.1, 0.15) is 17.1 Å². The normalized spacial score (nSPS) is 16.2. The first kappa shape index (κ1) is 40.2. The molecule has 5 heterocycles. The minimum absolute atomic E-state index is 0.188. The number of aromatic nitrogens is 2. The molecular formula is C40H48F3N7O3. The molecule has 1 amide bonds. The summed E-state index contributed by atoms with van der Waals surface area (Å²) in [6.07, 6.45) is 12.7. The molecule has 0 unspecified atom stereocenters. The molecule has 2 fully saturated rings. The summed E-state index contributed by atoms with van der Waals surface area (Å²) in [5.74, 6) is 2.57. The number of aryl methyl sites for hydroxylation is 1. The Morgan fingerprint density at radius 1 is 0.906 bits per heavy atom. The number of piperidine rings is 1. The first-order valence-electron chi connectivity index (χ1n) is 17.6. The Balaban J connectivity index is 0.000000195. The lowest BCUT2D eigenvalue weighted by Gasteiger charge is -2.35. The Labute approximate surface area is 309 Å². The number of anilines is 2. The highest BCUT2D eigenvalue weighted by Crippen LogP contribution is 2.30. The third-order valence-corrected chi connectivity index (χ3v) is 8.35. The monoisotopic (exact) mass is 731 g/mol. The summed E-state index contributed by atoms with van der Waals surface area (Å²) >= 11 is 0. The predicted octanol–water partition coefficient (Wildman–Crippen LogP) is 8.58. The number of carbonyl (C=O) groups excluding carboxylic acids is 1. The summed E-state index contributed by atoms with van der Waals surface area (Å²) in [4.78, 5) is 30.6. The Morgan fingerprint density at radius 2 is 1.55 bits per heavy atom. The number of nitrogens with one attached hydrogen (secondary N) is 1. The molecule has 3 aliphatic rings. The maximum absolute atomic E-state index is 10.5. The van der Waals surface area contributed by atoms with E-state index in [0.29, 0.717) is 24.0 Å². The maximum Gasteiger partial charge on any atom is 0.386 e. The zero-order valence-electron chi connectivity index (χ0n) is 30.5. The van der Waals surface area contributed by atoms with Crippen molar-refractivity contribution in [3.63, 3.8) is 0 Å². The highest BCUT2D eigenvalue weighted by atomic mass is 19.4. The number of benzene rings is 2. The van der Waals surface area contributed by atoms with Crippen LogP contribution >= 0.6 is 0 Å². The SMILES string of the molecule is C=C/C=C\C.CC(F)(F)F.Cc1cnc(N2CCC(c3ccccc3)CC2)o1.O=CNC1=CN=C(N2CCN(c3nc4ccccc4o3)CC2)CC=C1. The number of carbonyl (C=O) groups is 1. The van der Waals surface area contributed by atoms with E-state index in [9.17, 15) is 18.0 Å². The van der Waals surface area contributed by atoms with Crippen molar-refractivity contribution in [3.8, 4) is 0 Å². The highest BCUT2D eigenvalue weighted by molar-refractivity contribution is 5.85. The summed E-state index contributed by atoms with van der Waals surface area (Å²) in [6, 6.07) is 20.1. The Morgan fingerprint density at radius 3 is 2.13 bits per heavy atom. The van der Waals surface area contributed by atoms with Gasteiger partial charge in [-0.25, -0.2) is 9.98 Å². The van der Waals surface area contributed by atoms with Crippen molar-refractivity contribution in [1.82, 2.24) is 20.2 Å². The number of hydrogen-bond donors (Lipinski definition) is 1. The second-order valence-electron chi connectivity index (χ2n) is 12.4. The number of amidine groups is 1. The van der Waals surface area contributed by atoms with Crippen molar-refractivity contribution >= 4 is 35.4 Å². The van der Waals surface area contributed by atoms with Gasteiger partial charge in [-0.2, -0.15) is 18.2 Å². The first-order valence-corrected chi connectivity index (χ1v) is 17.6. The van der Waals surface area contributed by atoms with E-state index >= 15 is 0 Å². The summed E-state index contributed by atoms with van der Waals surface area (Å²) in [7, 11) is 0. The van der Waals surface area contributed by atoms with Crippen LogP contribution in [0, 0.1) is 6.92 Å². The van der Waals surface area contributed by atoms with Crippen LogP contribution in [0.25, 0.3) is 11.1 Å². The van der Waals surface area contributed by atoms with Crippen molar-refractivity contribution in [1.29, 1.82) is 0 Å². The zero-order valence-corrected chi connectivity index (χ0v) is 30.5. The molecule has 0 saturated carbocycles. The Hall–Kier alpha value is -5.59. The van der Waals surface area contributed by atoms with E-state index < -0.39 is 6.18 Å². The van der Waals surface area contributed by atoms with E-state index in [1.165, 1.54) is 18.4 Å². The van der Waals surface area contributed by atoms with Gasteiger partial charge in [-0.3, -0.25) is 4.79 Å². The second kappa shape index (κ2) is 20.4. The second-order valence-corrected chi connectivity index (χ2v) is 12.4. The average Bonchev–Trinajstić information content (AvgIpc) is 3.73. The molecule has 53 heavy (non-hydrogen) atoms. The largest absolute Gasteiger partial charge is 0.429 e. The summed E-state index contributed by atoms with van der Waals surface area (Å²) in [6.45, 7) is 13.0. The van der Waals surface area contributed by atoms with Crippen molar-refractivity contribution < 1.29 is 26.8 Å². The smallest absolute Gasteiger partial charge is 0.386 e. The van der Waals surface area contributed by atoms with Gasteiger partial charge in [0.15, 0.2) is 5.58 Å². The van der Waals surface area contributed by atoms with Crippen LogP contribution in [0.1, 0.15) is 50.4 Å². The van der Waals surface area contributed by atoms with E-state index in [1.807, 2.05) is 62.4 Å². The topological polar surface area (TPSA) is 103 Å². The van der Waals surface area contributed by atoms with Crippen LogP contribution in [0.15, 0.2) is 123 Å². The molecule has 2 aromatic carbocycles. The molecule has 0 spiro atoms.